The average Bonchev–Trinajstić information content (AvgIpc) is 2.48. The second kappa shape index (κ2) is 5.58. The van der Waals surface area contributed by atoms with E-state index in [1.165, 1.54) is 0 Å². The van der Waals surface area contributed by atoms with Crippen LogP contribution in [-0.2, 0) is 17.8 Å². The molecule has 0 saturated carbocycles. The van der Waals surface area contributed by atoms with Crippen molar-refractivity contribution >= 4 is 32.5 Å². The topological polar surface area (TPSA) is 43.4 Å². The largest absolute Gasteiger partial charge is 0.496 e. The number of benzene rings is 1. The highest BCUT2D eigenvalue weighted by atomic mass is 79.9. The Hall–Kier alpha value is -1.33. The SMILES string of the molecule is CCNc1c2c(nc3c(Br)ccc(OC)c13)CCOC2. The standard InChI is InChI=1S/C15H17BrN2O2/c1-3-17-14-9-8-20-7-6-11(9)18-15-10(16)4-5-12(19-2)13(14)15/h4-5H,3,6-8H2,1-2H3,(H,17,18). The van der Waals surface area contributed by atoms with E-state index in [2.05, 4.69) is 28.2 Å². The van der Waals surface area contributed by atoms with Crippen LogP contribution in [0.1, 0.15) is 18.2 Å². The third kappa shape index (κ3) is 2.15. The van der Waals surface area contributed by atoms with E-state index in [0.29, 0.717) is 6.61 Å². The first kappa shape index (κ1) is 13.6. The Balaban J connectivity index is 2.38. The first-order chi connectivity index (χ1) is 9.76. The lowest BCUT2D eigenvalue weighted by Crippen LogP contribution is -2.15. The molecule has 20 heavy (non-hydrogen) atoms. The molecule has 0 amide bonds. The van der Waals surface area contributed by atoms with Crippen LogP contribution in [0, 0.1) is 0 Å². The normalized spacial score (nSPS) is 14.2. The maximum absolute atomic E-state index is 5.60. The van der Waals surface area contributed by atoms with Crippen molar-refractivity contribution in [1.82, 2.24) is 4.98 Å². The fraction of sp³-hybridized carbons (Fsp3) is 0.400. The highest BCUT2D eigenvalue weighted by molar-refractivity contribution is 9.10. The summed E-state index contributed by atoms with van der Waals surface area (Å²) in [5.41, 5.74) is 4.31. The summed E-state index contributed by atoms with van der Waals surface area (Å²) >= 11 is 3.60. The summed E-state index contributed by atoms with van der Waals surface area (Å²) in [6, 6.07) is 3.95. The van der Waals surface area contributed by atoms with Gasteiger partial charge < -0.3 is 14.8 Å². The van der Waals surface area contributed by atoms with Crippen molar-refractivity contribution in [2.24, 2.45) is 0 Å². The third-order valence-corrected chi connectivity index (χ3v) is 4.18. The fourth-order valence-electron chi connectivity index (χ4n) is 2.64. The zero-order valence-electron chi connectivity index (χ0n) is 11.6. The van der Waals surface area contributed by atoms with Gasteiger partial charge in [0.05, 0.1) is 42.6 Å². The van der Waals surface area contributed by atoms with E-state index in [1.807, 2.05) is 12.1 Å². The highest BCUT2D eigenvalue weighted by Gasteiger charge is 2.21. The van der Waals surface area contributed by atoms with E-state index < -0.39 is 0 Å². The Morgan fingerprint density at radius 2 is 2.30 bits per heavy atom. The first-order valence-electron chi connectivity index (χ1n) is 6.75. The maximum atomic E-state index is 5.60. The molecule has 0 bridgehead atoms. The number of hydrogen-bond acceptors (Lipinski definition) is 4. The minimum absolute atomic E-state index is 0.607. The Kier molecular flexibility index (Phi) is 3.81. The fourth-order valence-corrected chi connectivity index (χ4v) is 3.06. The van der Waals surface area contributed by atoms with Gasteiger partial charge in [-0.05, 0) is 35.0 Å². The Labute approximate surface area is 126 Å². The van der Waals surface area contributed by atoms with Crippen LogP contribution in [0.3, 0.4) is 0 Å². The molecule has 1 N–H and O–H groups in total. The monoisotopic (exact) mass is 336 g/mol. The Bertz CT molecular complexity index is 658. The number of methoxy groups -OCH3 is 1. The van der Waals surface area contributed by atoms with Crippen molar-refractivity contribution < 1.29 is 9.47 Å². The first-order valence-corrected chi connectivity index (χ1v) is 7.55. The molecule has 0 atom stereocenters. The van der Waals surface area contributed by atoms with Crippen molar-refractivity contribution in [3.05, 3.63) is 27.9 Å². The molecule has 1 aliphatic rings. The van der Waals surface area contributed by atoms with Crippen LogP contribution in [0.4, 0.5) is 5.69 Å². The molecule has 3 rings (SSSR count). The predicted molar refractivity (Wildman–Crippen MR) is 83.5 cm³/mol. The van der Waals surface area contributed by atoms with Gasteiger partial charge in [-0.2, -0.15) is 0 Å². The van der Waals surface area contributed by atoms with Gasteiger partial charge in [-0.15, -0.1) is 0 Å². The quantitative estimate of drug-likeness (QED) is 0.931. The molecule has 1 aromatic heterocycles. The van der Waals surface area contributed by atoms with Gasteiger partial charge >= 0.3 is 0 Å². The van der Waals surface area contributed by atoms with Crippen LogP contribution in [-0.4, -0.2) is 25.2 Å². The number of anilines is 1. The van der Waals surface area contributed by atoms with E-state index in [9.17, 15) is 0 Å². The highest BCUT2D eigenvalue weighted by Crippen LogP contribution is 2.39. The second-order valence-corrected chi connectivity index (χ2v) is 5.57. The van der Waals surface area contributed by atoms with Crippen LogP contribution < -0.4 is 10.1 Å². The zero-order valence-corrected chi connectivity index (χ0v) is 13.2. The number of ether oxygens (including phenoxy) is 2. The number of rotatable bonds is 3. The lowest BCUT2D eigenvalue weighted by molar-refractivity contribution is 0.110. The maximum Gasteiger partial charge on any atom is 0.130 e. The molecule has 5 heteroatoms. The van der Waals surface area contributed by atoms with Gasteiger partial charge in [0.15, 0.2) is 0 Å². The summed E-state index contributed by atoms with van der Waals surface area (Å²) in [5.74, 6) is 0.833. The van der Waals surface area contributed by atoms with Crippen molar-refractivity contribution in [3.63, 3.8) is 0 Å². The van der Waals surface area contributed by atoms with Crippen molar-refractivity contribution in [2.75, 3.05) is 25.6 Å². The molecular weight excluding hydrogens is 320 g/mol. The summed E-state index contributed by atoms with van der Waals surface area (Å²) < 4.78 is 12.1. The number of halogens is 1. The number of pyridine rings is 1. The lowest BCUT2D eigenvalue weighted by Gasteiger charge is -2.23. The van der Waals surface area contributed by atoms with Gasteiger partial charge in [0, 0.05) is 23.0 Å². The summed E-state index contributed by atoms with van der Waals surface area (Å²) in [4.78, 5) is 4.82. The lowest BCUT2D eigenvalue weighted by atomic mass is 10.0. The summed E-state index contributed by atoms with van der Waals surface area (Å²) in [5, 5.41) is 4.48. The second-order valence-electron chi connectivity index (χ2n) is 4.72. The molecular formula is C15H17BrN2O2. The summed E-state index contributed by atoms with van der Waals surface area (Å²) in [7, 11) is 1.69. The summed E-state index contributed by atoms with van der Waals surface area (Å²) in [6.07, 6.45) is 0.854. The van der Waals surface area contributed by atoms with Gasteiger partial charge in [-0.3, -0.25) is 4.98 Å². The van der Waals surface area contributed by atoms with E-state index in [-0.39, 0.29) is 0 Å². The van der Waals surface area contributed by atoms with E-state index in [1.54, 1.807) is 7.11 Å². The predicted octanol–water partition coefficient (Wildman–Crippen LogP) is 3.51. The van der Waals surface area contributed by atoms with E-state index in [4.69, 9.17) is 14.5 Å². The third-order valence-electron chi connectivity index (χ3n) is 3.54. The van der Waals surface area contributed by atoms with Gasteiger partial charge in [-0.1, -0.05) is 0 Å². The molecule has 0 spiro atoms. The molecule has 4 nitrogen and oxygen atoms in total. The molecule has 1 aromatic carbocycles. The average molecular weight is 337 g/mol. The van der Waals surface area contributed by atoms with Crippen molar-refractivity contribution in [1.29, 1.82) is 0 Å². The molecule has 0 saturated heterocycles. The van der Waals surface area contributed by atoms with Gasteiger partial charge in [0.1, 0.15) is 5.75 Å². The zero-order chi connectivity index (χ0) is 14.1. The smallest absolute Gasteiger partial charge is 0.130 e. The Morgan fingerprint density at radius 3 is 3.05 bits per heavy atom. The van der Waals surface area contributed by atoms with Crippen molar-refractivity contribution in [2.45, 2.75) is 20.0 Å². The van der Waals surface area contributed by atoms with Crippen LogP contribution in [0.15, 0.2) is 16.6 Å². The molecule has 0 fully saturated rings. The molecule has 2 aromatic rings. The molecule has 106 valence electrons. The number of nitrogens with zero attached hydrogens (tertiary/aromatic N) is 1. The van der Waals surface area contributed by atoms with Gasteiger partial charge in [-0.25, -0.2) is 0 Å². The molecule has 1 aliphatic heterocycles. The number of fused-ring (bicyclic) bond motifs is 2. The van der Waals surface area contributed by atoms with Crippen molar-refractivity contribution in [3.8, 4) is 5.75 Å². The van der Waals surface area contributed by atoms with E-state index in [0.717, 1.165) is 57.6 Å². The number of aromatic nitrogens is 1. The van der Waals surface area contributed by atoms with Gasteiger partial charge in [0.25, 0.3) is 0 Å². The number of hydrogen-bond donors (Lipinski definition) is 1. The van der Waals surface area contributed by atoms with Crippen LogP contribution >= 0.6 is 15.9 Å². The van der Waals surface area contributed by atoms with Crippen LogP contribution in [0.2, 0.25) is 0 Å². The number of nitrogens with one attached hydrogen (secondary N) is 1. The van der Waals surface area contributed by atoms with Crippen LogP contribution in [0.5, 0.6) is 5.75 Å². The summed E-state index contributed by atoms with van der Waals surface area (Å²) in [6.45, 7) is 4.28. The molecule has 2 heterocycles. The van der Waals surface area contributed by atoms with Crippen LogP contribution in [0.25, 0.3) is 10.9 Å². The Morgan fingerprint density at radius 1 is 1.45 bits per heavy atom. The minimum atomic E-state index is 0.607. The molecule has 0 radical (unpaired) electrons. The minimum Gasteiger partial charge on any atom is -0.496 e. The van der Waals surface area contributed by atoms with E-state index >= 15 is 0 Å². The molecule has 0 unspecified atom stereocenters. The van der Waals surface area contributed by atoms with Gasteiger partial charge in [0.2, 0.25) is 0 Å². The molecule has 0 aliphatic carbocycles.